The molecular weight excluding hydrogens is 329 g/mol. The maximum absolute atomic E-state index is 13.5. The van der Waals surface area contributed by atoms with E-state index in [4.69, 9.17) is 4.74 Å². The highest BCUT2D eigenvalue weighted by molar-refractivity contribution is 6.35. The summed E-state index contributed by atoms with van der Waals surface area (Å²) in [6, 6.07) is 5.75. The largest absolute Gasteiger partial charge is 0.481 e. The fraction of sp³-hybridized carbons (Fsp3) is 0.471. The number of ether oxygens (including phenoxy) is 1. The molecule has 1 aliphatic heterocycles. The van der Waals surface area contributed by atoms with Crippen LogP contribution in [0.5, 0.6) is 5.75 Å². The molecule has 1 fully saturated rings. The molecule has 3 amide bonds. The predicted molar refractivity (Wildman–Crippen MR) is 88.3 cm³/mol. The third-order valence-electron chi connectivity index (χ3n) is 3.72. The first-order chi connectivity index (χ1) is 11.9. The molecular formula is C17H22FN3O4. The third-order valence-corrected chi connectivity index (χ3v) is 3.72. The number of nitrogens with one attached hydrogen (secondary N) is 1. The lowest BCUT2D eigenvalue weighted by molar-refractivity contribution is -0.148. The molecule has 0 bridgehead atoms. The number of hydrogen-bond donors (Lipinski definition) is 1. The number of carbonyl (C=O) groups is 3. The minimum absolute atomic E-state index is 0.0232. The highest BCUT2D eigenvalue weighted by Crippen LogP contribution is 2.15. The van der Waals surface area contributed by atoms with Crippen LogP contribution in [0.2, 0.25) is 0 Å². The molecule has 0 aromatic heterocycles. The van der Waals surface area contributed by atoms with Crippen molar-refractivity contribution in [3.05, 3.63) is 30.1 Å². The van der Waals surface area contributed by atoms with Crippen LogP contribution >= 0.6 is 0 Å². The van der Waals surface area contributed by atoms with Crippen LogP contribution in [0.4, 0.5) is 4.39 Å². The van der Waals surface area contributed by atoms with Crippen LogP contribution < -0.4 is 10.1 Å². The zero-order valence-electron chi connectivity index (χ0n) is 14.3. The standard InChI is InChI=1S/C17H22FN3O4/c1-12(2)19-16(23)17(24)21-9-7-20(8-10-21)15(22)11-25-14-6-4-3-5-13(14)18/h3-6,12H,7-11H2,1-2H3,(H,19,23). The van der Waals surface area contributed by atoms with Crippen LogP contribution in [-0.2, 0) is 14.4 Å². The van der Waals surface area contributed by atoms with Crippen LogP contribution in [0, 0.1) is 5.82 Å². The van der Waals surface area contributed by atoms with Crippen LogP contribution in [0.15, 0.2) is 24.3 Å². The maximum atomic E-state index is 13.5. The lowest BCUT2D eigenvalue weighted by atomic mass is 10.3. The molecule has 0 spiro atoms. The normalized spacial score (nSPS) is 14.4. The van der Waals surface area contributed by atoms with Gasteiger partial charge in [-0.25, -0.2) is 4.39 Å². The second-order valence-electron chi connectivity index (χ2n) is 6.02. The van der Waals surface area contributed by atoms with Crippen molar-refractivity contribution < 1.29 is 23.5 Å². The van der Waals surface area contributed by atoms with Crippen molar-refractivity contribution in [2.75, 3.05) is 32.8 Å². The molecule has 1 heterocycles. The molecule has 0 unspecified atom stereocenters. The number of nitrogens with zero attached hydrogens (tertiary/aromatic N) is 2. The Morgan fingerprint density at radius 1 is 1.12 bits per heavy atom. The fourth-order valence-corrected chi connectivity index (χ4v) is 2.42. The molecule has 1 saturated heterocycles. The molecule has 1 N–H and O–H groups in total. The van der Waals surface area contributed by atoms with Crippen molar-refractivity contribution in [2.45, 2.75) is 19.9 Å². The Morgan fingerprint density at radius 2 is 1.72 bits per heavy atom. The molecule has 1 aromatic carbocycles. The van der Waals surface area contributed by atoms with Gasteiger partial charge in [0.15, 0.2) is 18.2 Å². The first kappa shape index (κ1) is 18.7. The summed E-state index contributed by atoms with van der Waals surface area (Å²) in [4.78, 5) is 38.8. The second-order valence-corrected chi connectivity index (χ2v) is 6.02. The Labute approximate surface area is 145 Å². The summed E-state index contributed by atoms with van der Waals surface area (Å²) < 4.78 is 18.7. The topological polar surface area (TPSA) is 79.0 Å². The Balaban J connectivity index is 1.79. The number of rotatable bonds is 4. The number of halogens is 1. The number of amides is 3. The maximum Gasteiger partial charge on any atom is 0.312 e. The van der Waals surface area contributed by atoms with Gasteiger partial charge in [-0.15, -0.1) is 0 Å². The summed E-state index contributed by atoms with van der Waals surface area (Å²) in [7, 11) is 0. The SMILES string of the molecule is CC(C)NC(=O)C(=O)N1CCN(C(=O)COc2ccccc2F)CC1. The molecule has 2 rings (SSSR count). The lowest BCUT2D eigenvalue weighted by Crippen LogP contribution is -2.55. The quantitative estimate of drug-likeness (QED) is 0.797. The number of para-hydroxylation sites is 1. The minimum atomic E-state index is -0.641. The fourth-order valence-electron chi connectivity index (χ4n) is 2.42. The van der Waals surface area contributed by atoms with Crippen molar-refractivity contribution in [1.29, 1.82) is 0 Å². The molecule has 1 aromatic rings. The number of benzene rings is 1. The average Bonchev–Trinajstić information content (AvgIpc) is 2.59. The zero-order chi connectivity index (χ0) is 18.4. The summed E-state index contributed by atoms with van der Waals surface area (Å²) in [5.41, 5.74) is 0. The Morgan fingerprint density at radius 3 is 2.32 bits per heavy atom. The van der Waals surface area contributed by atoms with Gasteiger partial charge in [0.2, 0.25) is 0 Å². The molecule has 0 radical (unpaired) electrons. The van der Waals surface area contributed by atoms with Gasteiger partial charge in [0.05, 0.1) is 0 Å². The Kier molecular flexibility index (Phi) is 6.32. The molecule has 0 saturated carbocycles. The summed E-state index contributed by atoms with van der Waals surface area (Å²) in [6.45, 7) is 4.43. The minimum Gasteiger partial charge on any atom is -0.481 e. The van der Waals surface area contributed by atoms with E-state index in [1.54, 1.807) is 19.9 Å². The van der Waals surface area contributed by atoms with Crippen LogP contribution in [-0.4, -0.2) is 66.3 Å². The van der Waals surface area contributed by atoms with E-state index in [-0.39, 0.29) is 37.4 Å². The lowest BCUT2D eigenvalue weighted by Gasteiger charge is -2.34. The summed E-state index contributed by atoms with van der Waals surface area (Å²) in [5, 5.41) is 2.55. The highest BCUT2D eigenvalue weighted by Gasteiger charge is 2.28. The number of carbonyl (C=O) groups excluding carboxylic acids is 3. The van der Waals surface area contributed by atoms with Crippen LogP contribution in [0.1, 0.15) is 13.8 Å². The molecule has 1 aliphatic rings. The van der Waals surface area contributed by atoms with E-state index in [0.717, 1.165) is 0 Å². The molecule has 0 aliphatic carbocycles. The molecule has 8 heteroatoms. The van der Waals surface area contributed by atoms with Crippen LogP contribution in [0.3, 0.4) is 0 Å². The van der Waals surface area contributed by atoms with Gasteiger partial charge in [0, 0.05) is 32.2 Å². The van der Waals surface area contributed by atoms with Gasteiger partial charge in [-0.3, -0.25) is 14.4 Å². The predicted octanol–water partition coefficient (Wildman–Crippen LogP) is 0.400. The highest BCUT2D eigenvalue weighted by atomic mass is 19.1. The Bertz CT molecular complexity index is 643. The van der Waals surface area contributed by atoms with E-state index in [2.05, 4.69) is 5.32 Å². The van der Waals surface area contributed by atoms with Crippen molar-refractivity contribution in [1.82, 2.24) is 15.1 Å². The first-order valence-corrected chi connectivity index (χ1v) is 8.13. The Hall–Kier alpha value is -2.64. The van der Waals surface area contributed by atoms with E-state index in [0.29, 0.717) is 13.1 Å². The van der Waals surface area contributed by atoms with Gasteiger partial charge in [0.25, 0.3) is 5.91 Å². The average molecular weight is 351 g/mol. The molecule has 136 valence electrons. The second kappa shape index (κ2) is 8.46. The van der Waals surface area contributed by atoms with Gasteiger partial charge >= 0.3 is 11.8 Å². The van der Waals surface area contributed by atoms with Crippen molar-refractivity contribution >= 4 is 17.7 Å². The third kappa shape index (κ3) is 5.17. The van der Waals surface area contributed by atoms with Crippen molar-refractivity contribution in [3.8, 4) is 5.75 Å². The van der Waals surface area contributed by atoms with E-state index < -0.39 is 17.6 Å². The zero-order valence-corrected chi connectivity index (χ0v) is 14.3. The van der Waals surface area contributed by atoms with E-state index >= 15 is 0 Å². The van der Waals surface area contributed by atoms with Gasteiger partial charge < -0.3 is 19.9 Å². The van der Waals surface area contributed by atoms with Gasteiger partial charge in [-0.05, 0) is 26.0 Å². The smallest absolute Gasteiger partial charge is 0.312 e. The van der Waals surface area contributed by atoms with E-state index in [1.807, 2.05) is 0 Å². The number of hydrogen-bond acceptors (Lipinski definition) is 4. The van der Waals surface area contributed by atoms with Gasteiger partial charge in [-0.2, -0.15) is 0 Å². The van der Waals surface area contributed by atoms with Gasteiger partial charge in [0.1, 0.15) is 0 Å². The summed E-state index contributed by atoms with van der Waals surface area (Å²) in [5.74, 6) is -2.03. The van der Waals surface area contributed by atoms with Crippen molar-refractivity contribution in [2.24, 2.45) is 0 Å². The molecule has 0 atom stereocenters. The van der Waals surface area contributed by atoms with Gasteiger partial charge in [-0.1, -0.05) is 12.1 Å². The van der Waals surface area contributed by atoms with E-state index in [9.17, 15) is 18.8 Å². The summed E-state index contributed by atoms with van der Waals surface area (Å²) in [6.07, 6.45) is 0. The molecule has 7 nitrogen and oxygen atoms in total. The summed E-state index contributed by atoms with van der Waals surface area (Å²) >= 11 is 0. The monoisotopic (exact) mass is 351 g/mol. The number of piperazine rings is 1. The molecule has 25 heavy (non-hydrogen) atoms. The van der Waals surface area contributed by atoms with Crippen LogP contribution in [0.25, 0.3) is 0 Å². The van der Waals surface area contributed by atoms with E-state index in [1.165, 1.54) is 28.0 Å². The first-order valence-electron chi connectivity index (χ1n) is 8.13. The van der Waals surface area contributed by atoms with Crippen molar-refractivity contribution in [3.63, 3.8) is 0 Å².